The number of hydrogen-bond donors (Lipinski definition) is 2. The molecule has 4 fully saturated rings. The molecule has 4 aromatic rings. The number of aliphatic carboxylic acids is 1. The molecule has 7 nitrogen and oxygen atoms in total. The van der Waals surface area contributed by atoms with E-state index >= 15 is 0 Å². The average Bonchev–Trinajstić information content (AvgIpc) is 3.21. The second-order valence-electron chi connectivity index (χ2n) is 10.4. The largest absolute Gasteiger partial charge is 0.481 e. The first-order valence-corrected chi connectivity index (χ1v) is 11.5. The van der Waals surface area contributed by atoms with Crippen molar-refractivity contribution < 1.29 is 23.5 Å². The van der Waals surface area contributed by atoms with Crippen molar-refractivity contribution in [1.29, 1.82) is 0 Å². The molecule has 8 heteroatoms. The van der Waals surface area contributed by atoms with Gasteiger partial charge in [0.15, 0.2) is 0 Å². The zero-order valence-electron chi connectivity index (χ0n) is 18.3. The summed E-state index contributed by atoms with van der Waals surface area (Å²) < 4.78 is 21.4. The molecular weight excluding hydrogens is 437 g/mol. The van der Waals surface area contributed by atoms with E-state index in [2.05, 4.69) is 10.3 Å². The first-order chi connectivity index (χ1) is 16.3. The molecule has 8 rings (SSSR count). The van der Waals surface area contributed by atoms with Crippen LogP contribution in [0, 0.1) is 16.6 Å². The maximum atomic E-state index is 13.6. The Hall–Kier alpha value is -3.68. The summed E-state index contributed by atoms with van der Waals surface area (Å²) in [6, 6.07) is 8.14. The maximum absolute atomic E-state index is 13.6. The average molecular weight is 459 g/mol. The van der Waals surface area contributed by atoms with Crippen molar-refractivity contribution in [2.75, 3.05) is 0 Å². The van der Waals surface area contributed by atoms with E-state index in [9.17, 15) is 19.1 Å². The number of rotatable bonds is 6. The van der Waals surface area contributed by atoms with Gasteiger partial charge in [-0.15, -0.1) is 0 Å². The number of carboxylic acids is 1. The van der Waals surface area contributed by atoms with Crippen LogP contribution in [0.2, 0.25) is 0 Å². The van der Waals surface area contributed by atoms with Gasteiger partial charge < -0.3 is 19.4 Å². The van der Waals surface area contributed by atoms with Crippen molar-refractivity contribution in [3.63, 3.8) is 0 Å². The van der Waals surface area contributed by atoms with E-state index < -0.39 is 11.4 Å². The molecule has 2 N–H and O–H groups in total. The van der Waals surface area contributed by atoms with E-state index in [0.29, 0.717) is 48.1 Å². The van der Waals surface area contributed by atoms with Gasteiger partial charge in [-0.3, -0.25) is 14.6 Å². The number of carboxylic acid groups (broad SMARTS) is 1. The minimum Gasteiger partial charge on any atom is -0.481 e. The van der Waals surface area contributed by atoms with Crippen molar-refractivity contribution in [1.82, 2.24) is 14.9 Å². The Morgan fingerprint density at radius 1 is 1.12 bits per heavy atom. The molecule has 4 aliphatic rings. The van der Waals surface area contributed by atoms with Crippen LogP contribution in [0.3, 0.4) is 0 Å². The summed E-state index contributed by atoms with van der Waals surface area (Å²) in [5.74, 6) is -0.552. The highest BCUT2D eigenvalue weighted by molar-refractivity contribution is 6.06. The summed E-state index contributed by atoms with van der Waals surface area (Å²) in [6.07, 6.45) is 8.92. The predicted molar refractivity (Wildman–Crippen MR) is 121 cm³/mol. The number of pyridine rings is 1. The summed E-state index contributed by atoms with van der Waals surface area (Å²) >= 11 is 0. The lowest BCUT2D eigenvalue weighted by Gasteiger charge is -2.71. The predicted octanol–water partition coefficient (Wildman–Crippen LogP) is 4.49. The van der Waals surface area contributed by atoms with Crippen LogP contribution in [0.1, 0.15) is 48.2 Å². The Morgan fingerprint density at radius 3 is 2.65 bits per heavy atom. The van der Waals surface area contributed by atoms with E-state index in [1.54, 1.807) is 18.5 Å². The van der Waals surface area contributed by atoms with Crippen LogP contribution in [0.15, 0.2) is 53.3 Å². The molecular formula is C26H22FN3O4. The molecule has 0 spiro atoms. The molecule has 0 radical (unpaired) electrons. The highest BCUT2D eigenvalue weighted by Gasteiger charge is 2.81. The van der Waals surface area contributed by atoms with E-state index in [-0.39, 0.29) is 22.7 Å². The summed E-state index contributed by atoms with van der Waals surface area (Å²) in [4.78, 5) is 29.3. The molecule has 3 aromatic heterocycles. The third-order valence-corrected chi connectivity index (χ3v) is 8.37. The molecule has 1 aromatic carbocycles. The van der Waals surface area contributed by atoms with Crippen LogP contribution in [-0.4, -0.2) is 32.1 Å². The summed E-state index contributed by atoms with van der Waals surface area (Å²) in [7, 11) is 0. The topological polar surface area (TPSA) is 97.4 Å². The number of benzene rings is 1. The zero-order chi connectivity index (χ0) is 23.3. The highest BCUT2D eigenvalue weighted by Crippen LogP contribution is 2.81. The fourth-order valence-electron chi connectivity index (χ4n) is 6.49. The van der Waals surface area contributed by atoms with E-state index in [0.717, 1.165) is 23.7 Å². The van der Waals surface area contributed by atoms with Crippen molar-refractivity contribution in [3.8, 4) is 0 Å². The maximum Gasteiger partial charge on any atom is 0.309 e. The number of halogens is 1. The summed E-state index contributed by atoms with van der Waals surface area (Å²) in [5.41, 5.74) is 0.912. The molecule has 0 unspecified atom stereocenters. The first-order valence-electron chi connectivity index (χ1n) is 11.5. The van der Waals surface area contributed by atoms with E-state index in [4.69, 9.17) is 4.42 Å². The lowest BCUT2D eigenvalue weighted by molar-refractivity contribution is -0.236. The zero-order valence-corrected chi connectivity index (χ0v) is 18.3. The van der Waals surface area contributed by atoms with E-state index in [1.165, 1.54) is 12.1 Å². The Morgan fingerprint density at radius 2 is 1.91 bits per heavy atom. The second-order valence-corrected chi connectivity index (χ2v) is 10.4. The van der Waals surface area contributed by atoms with Crippen LogP contribution in [0.25, 0.3) is 21.9 Å². The van der Waals surface area contributed by atoms with Gasteiger partial charge in [0.25, 0.3) is 5.91 Å². The Labute approximate surface area is 193 Å². The van der Waals surface area contributed by atoms with E-state index in [1.807, 2.05) is 22.9 Å². The Kier molecular flexibility index (Phi) is 3.63. The molecule has 172 valence electrons. The van der Waals surface area contributed by atoms with Crippen LogP contribution in [0.4, 0.5) is 4.39 Å². The molecule has 0 saturated heterocycles. The number of hydrogen-bond acceptors (Lipinski definition) is 4. The Balaban J connectivity index is 1.18. The minimum atomic E-state index is -0.711. The number of carbonyl (C=O) groups is 2. The van der Waals surface area contributed by atoms with Gasteiger partial charge in [-0.1, -0.05) is 0 Å². The van der Waals surface area contributed by atoms with Crippen molar-refractivity contribution in [3.05, 3.63) is 66.1 Å². The number of carbonyl (C=O) groups excluding carboxylic acids is 1. The quantitative estimate of drug-likeness (QED) is 0.443. The highest BCUT2D eigenvalue weighted by atomic mass is 19.1. The van der Waals surface area contributed by atoms with Gasteiger partial charge >= 0.3 is 5.97 Å². The Bertz CT molecular complexity index is 1510. The molecule has 1 amide bonds. The number of furan rings is 1. The third kappa shape index (κ3) is 2.53. The first kappa shape index (κ1) is 19.8. The minimum absolute atomic E-state index is 0.0755. The van der Waals surface area contributed by atoms with Gasteiger partial charge in [0, 0.05) is 34.9 Å². The van der Waals surface area contributed by atoms with Crippen LogP contribution < -0.4 is 5.32 Å². The third-order valence-electron chi connectivity index (χ3n) is 8.37. The van der Waals surface area contributed by atoms with Gasteiger partial charge in [-0.25, -0.2) is 4.39 Å². The molecule has 2 bridgehead atoms. The molecule has 4 aliphatic carbocycles. The van der Waals surface area contributed by atoms with Gasteiger partial charge in [0.1, 0.15) is 17.2 Å². The lowest BCUT2D eigenvalue weighted by Crippen LogP contribution is -2.73. The summed E-state index contributed by atoms with van der Waals surface area (Å²) in [5, 5.41) is 14.3. The standard InChI is InChI=1S/C26H22FN3O4/c27-17-1-2-20-16(7-17)8-18(34-20)11-30-6-3-15-9-28-10-19(21(15)30)22(31)29-26(4-5-26)25-12-24(13-25,14-25)23(32)33/h1-3,6-10H,4-5,11-14H2,(H,29,31)(H,32,33). The number of fused-ring (bicyclic) bond motifs is 2. The van der Waals surface area contributed by atoms with Crippen LogP contribution in [-0.2, 0) is 11.3 Å². The fraction of sp³-hybridized carbons (Fsp3) is 0.346. The number of amides is 1. The molecule has 34 heavy (non-hydrogen) atoms. The molecule has 0 aliphatic heterocycles. The lowest BCUT2D eigenvalue weighted by atomic mass is 9.32. The smallest absolute Gasteiger partial charge is 0.309 e. The SMILES string of the molecule is O=C(NC1(C23CC(C(=O)O)(C2)C3)CC1)c1cncc2ccn(Cc3cc4cc(F)ccc4o3)c12. The van der Waals surface area contributed by atoms with Crippen LogP contribution >= 0.6 is 0 Å². The van der Waals surface area contributed by atoms with Crippen LogP contribution in [0.5, 0.6) is 0 Å². The monoisotopic (exact) mass is 459 g/mol. The number of nitrogens with zero attached hydrogens (tertiary/aromatic N) is 2. The number of aromatic nitrogens is 2. The van der Waals surface area contributed by atoms with Crippen molar-refractivity contribution in [2.45, 2.75) is 44.2 Å². The van der Waals surface area contributed by atoms with Gasteiger partial charge in [0.2, 0.25) is 0 Å². The van der Waals surface area contributed by atoms with Gasteiger partial charge in [-0.05, 0) is 67.9 Å². The van der Waals surface area contributed by atoms with Gasteiger partial charge in [-0.2, -0.15) is 0 Å². The molecule has 0 atom stereocenters. The molecule has 4 saturated carbocycles. The van der Waals surface area contributed by atoms with Crippen molar-refractivity contribution >= 4 is 33.7 Å². The second kappa shape index (κ2) is 6.25. The normalized spacial score (nSPS) is 26.1. The van der Waals surface area contributed by atoms with Crippen molar-refractivity contribution in [2.24, 2.45) is 10.8 Å². The fourth-order valence-corrected chi connectivity index (χ4v) is 6.49. The number of nitrogens with one attached hydrogen (secondary N) is 1. The van der Waals surface area contributed by atoms with Gasteiger partial charge in [0.05, 0.1) is 23.0 Å². The summed E-state index contributed by atoms with van der Waals surface area (Å²) in [6.45, 7) is 0.389. The molecule has 3 heterocycles.